The van der Waals surface area contributed by atoms with Gasteiger partial charge in [-0.3, -0.25) is 9.78 Å². The molecule has 2 N–H and O–H groups in total. The van der Waals surface area contributed by atoms with Gasteiger partial charge in [0.15, 0.2) is 0 Å². The molecular weight excluding hydrogens is 359 g/mol. The van der Waals surface area contributed by atoms with Gasteiger partial charge in [-0.1, -0.05) is 12.1 Å². The van der Waals surface area contributed by atoms with Crippen LogP contribution in [0.1, 0.15) is 21.6 Å². The standard InChI is InChI=1S/C18H14F3N5O/c19-18(20,21)13-3-1-2-4-14(13)26-16-9-15(24-11-25-16)17(27)23-10-12-5-7-22-8-6-12/h1-9,11H,10H2,(H,23,27)(H,24,25,26). The Balaban J connectivity index is 1.74. The predicted molar refractivity (Wildman–Crippen MR) is 92.2 cm³/mol. The Morgan fingerprint density at radius 3 is 2.52 bits per heavy atom. The molecule has 27 heavy (non-hydrogen) atoms. The topological polar surface area (TPSA) is 79.8 Å². The number of carbonyl (C=O) groups excluding carboxylic acids is 1. The highest BCUT2D eigenvalue weighted by Crippen LogP contribution is 2.35. The number of pyridine rings is 1. The minimum Gasteiger partial charge on any atom is -0.347 e. The number of para-hydroxylation sites is 1. The fourth-order valence-corrected chi connectivity index (χ4v) is 2.30. The van der Waals surface area contributed by atoms with E-state index in [0.29, 0.717) is 0 Å². The third kappa shape index (κ3) is 4.78. The molecule has 1 amide bonds. The molecular formula is C18H14F3N5O. The molecule has 3 rings (SSSR count). The van der Waals surface area contributed by atoms with Gasteiger partial charge in [0.1, 0.15) is 17.8 Å². The van der Waals surface area contributed by atoms with Gasteiger partial charge in [-0.2, -0.15) is 13.2 Å². The van der Waals surface area contributed by atoms with Crippen LogP contribution >= 0.6 is 0 Å². The van der Waals surface area contributed by atoms with E-state index in [1.165, 1.54) is 24.3 Å². The van der Waals surface area contributed by atoms with Crippen LogP contribution in [0.5, 0.6) is 0 Å². The molecule has 0 aliphatic carbocycles. The quantitative estimate of drug-likeness (QED) is 0.715. The van der Waals surface area contributed by atoms with Gasteiger partial charge < -0.3 is 10.6 Å². The van der Waals surface area contributed by atoms with E-state index in [-0.39, 0.29) is 23.7 Å². The Kier molecular flexibility index (Phi) is 5.30. The van der Waals surface area contributed by atoms with Crippen molar-refractivity contribution >= 4 is 17.4 Å². The minimum atomic E-state index is -4.51. The van der Waals surface area contributed by atoms with E-state index >= 15 is 0 Å². The smallest absolute Gasteiger partial charge is 0.347 e. The molecule has 0 unspecified atom stereocenters. The lowest BCUT2D eigenvalue weighted by atomic mass is 10.1. The van der Waals surface area contributed by atoms with Crippen molar-refractivity contribution in [2.45, 2.75) is 12.7 Å². The fourth-order valence-electron chi connectivity index (χ4n) is 2.30. The summed E-state index contributed by atoms with van der Waals surface area (Å²) >= 11 is 0. The van der Waals surface area contributed by atoms with E-state index in [1.807, 2.05) is 0 Å². The molecule has 2 aromatic heterocycles. The number of alkyl halides is 3. The van der Waals surface area contributed by atoms with Gasteiger partial charge in [0.05, 0.1) is 11.3 Å². The summed E-state index contributed by atoms with van der Waals surface area (Å²) in [7, 11) is 0. The number of halogens is 3. The molecule has 1 aromatic carbocycles. The molecule has 0 fully saturated rings. The number of aromatic nitrogens is 3. The van der Waals surface area contributed by atoms with Gasteiger partial charge in [-0.25, -0.2) is 9.97 Å². The average molecular weight is 373 g/mol. The molecule has 2 heterocycles. The number of hydrogen-bond donors (Lipinski definition) is 2. The van der Waals surface area contributed by atoms with Crippen LogP contribution in [0.25, 0.3) is 0 Å². The van der Waals surface area contributed by atoms with E-state index in [1.54, 1.807) is 24.5 Å². The predicted octanol–water partition coefficient (Wildman–Crippen LogP) is 3.56. The van der Waals surface area contributed by atoms with Crippen LogP contribution in [0, 0.1) is 0 Å². The molecule has 138 valence electrons. The van der Waals surface area contributed by atoms with Crippen molar-refractivity contribution in [1.82, 2.24) is 20.3 Å². The van der Waals surface area contributed by atoms with Gasteiger partial charge in [-0.15, -0.1) is 0 Å². The van der Waals surface area contributed by atoms with Gasteiger partial charge in [0.2, 0.25) is 0 Å². The highest BCUT2D eigenvalue weighted by atomic mass is 19.4. The minimum absolute atomic E-state index is 0.0334. The van der Waals surface area contributed by atoms with Crippen LogP contribution in [-0.2, 0) is 12.7 Å². The Labute approximate surface area is 152 Å². The fraction of sp³-hybridized carbons (Fsp3) is 0.111. The molecule has 6 nitrogen and oxygen atoms in total. The summed E-state index contributed by atoms with van der Waals surface area (Å²) in [6.07, 6.45) is -0.195. The van der Waals surface area contributed by atoms with Crippen molar-refractivity contribution in [3.63, 3.8) is 0 Å². The lowest BCUT2D eigenvalue weighted by Crippen LogP contribution is -2.24. The summed E-state index contributed by atoms with van der Waals surface area (Å²) in [5, 5.41) is 5.27. The highest BCUT2D eigenvalue weighted by molar-refractivity contribution is 5.92. The van der Waals surface area contributed by atoms with Crippen molar-refractivity contribution in [3.05, 3.63) is 78.0 Å². The number of rotatable bonds is 5. The lowest BCUT2D eigenvalue weighted by molar-refractivity contribution is -0.136. The summed E-state index contributed by atoms with van der Waals surface area (Å²) in [5.41, 5.74) is -0.102. The molecule has 9 heteroatoms. The van der Waals surface area contributed by atoms with Gasteiger partial charge in [0.25, 0.3) is 5.91 Å². The SMILES string of the molecule is O=C(NCc1ccncc1)c1cc(Nc2ccccc2C(F)(F)F)ncn1. The Morgan fingerprint density at radius 2 is 1.78 bits per heavy atom. The van der Waals surface area contributed by atoms with Crippen molar-refractivity contribution in [1.29, 1.82) is 0 Å². The number of benzene rings is 1. The van der Waals surface area contributed by atoms with Crippen molar-refractivity contribution in [3.8, 4) is 0 Å². The van der Waals surface area contributed by atoms with Gasteiger partial charge in [0, 0.05) is 25.0 Å². The second-order valence-electron chi connectivity index (χ2n) is 5.49. The maximum absolute atomic E-state index is 13.1. The van der Waals surface area contributed by atoms with E-state index in [9.17, 15) is 18.0 Å². The van der Waals surface area contributed by atoms with E-state index in [4.69, 9.17) is 0 Å². The molecule has 0 saturated carbocycles. The number of hydrogen-bond acceptors (Lipinski definition) is 5. The zero-order valence-electron chi connectivity index (χ0n) is 13.9. The van der Waals surface area contributed by atoms with E-state index < -0.39 is 17.6 Å². The lowest BCUT2D eigenvalue weighted by Gasteiger charge is -2.14. The zero-order chi connectivity index (χ0) is 19.3. The number of amides is 1. The van der Waals surface area contributed by atoms with Crippen LogP contribution < -0.4 is 10.6 Å². The summed E-state index contributed by atoms with van der Waals surface area (Å²) in [6.45, 7) is 0.269. The molecule has 0 spiro atoms. The molecule has 0 bridgehead atoms. The normalized spacial score (nSPS) is 11.1. The molecule has 0 aliphatic heterocycles. The second-order valence-corrected chi connectivity index (χ2v) is 5.49. The van der Waals surface area contributed by atoms with Gasteiger partial charge in [-0.05, 0) is 29.8 Å². The molecule has 0 saturated heterocycles. The first kappa shape index (κ1) is 18.3. The zero-order valence-corrected chi connectivity index (χ0v) is 13.9. The first-order valence-corrected chi connectivity index (χ1v) is 7.86. The monoisotopic (exact) mass is 373 g/mol. The third-order valence-electron chi connectivity index (χ3n) is 3.60. The summed E-state index contributed by atoms with van der Waals surface area (Å²) in [6, 6.07) is 9.81. The van der Waals surface area contributed by atoms with Crippen LogP contribution in [0.4, 0.5) is 24.7 Å². The molecule has 0 atom stereocenters. The molecule has 3 aromatic rings. The number of nitrogens with one attached hydrogen (secondary N) is 2. The second kappa shape index (κ2) is 7.81. The highest BCUT2D eigenvalue weighted by Gasteiger charge is 2.33. The first-order valence-electron chi connectivity index (χ1n) is 7.86. The van der Waals surface area contributed by atoms with Crippen LogP contribution in [-0.4, -0.2) is 20.9 Å². The Morgan fingerprint density at radius 1 is 1.04 bits per heavy atom. The largest absolute Gasteiger partial charge is 0.418 e. The molecule has 0 radical (unpaired) electrons. The van der Waals surface area contributed by atoms with Crippen molar-refractivity contribution in [2.24, 2.45) is 0 Å². The van der Waals surface area contributed by atoms with Gasteiger partial charge >= 0.3 is 6.18 Å². The maximum Gasteiger partial charge on any atom is 0.418 e. The van der Waals surface area contributed by atoms with E-state index in [2.05, 4.69) is 25.6 Å². The Bertz CT molecular complexity index is 932. The van der Waals surface area contributed by atoms with Crippen molar-refractivity contribution in [2.75, 3.05) is 5.32 Å². The van der Waals surface area contributed by atoms with Crippen LogP contribution in [0.3, 0.4) is 0 Å². The summed E-state index contributed by atoms with van der Waals surface area (Å²) in [4.78, 5) is 23.9. The first-order chi connectivity index (χ1) is 12.9. The van der Waals surface area contributed by atoms with Crippen LogP contribution in [0.15, 0.2) is 61.2 Å². The van der Waals surface area contributed by atoms with Crippen LogP contribution in [0.2, 0.25) is 0 Å². The summed E-state index contributed by atoms with van der Waals surface area (Å²) in [5.74, 6) is -0.392. The van der Waals surface area contributed by atoms with Crippen molar-refractivity contribution < 1.29 is 18.0 Å². The molecule has 0 aliphatic rings. The number of carbonyl (C=O) groups is 1. The van der Waals surface area contributed by atoms with E-state index in [0.717, 1.165) is 18.0 Å². The summed E-state index contributed by atoms with van der Waals surface area (Å²) < 4.78 is 39.2. The number of nitrogens with zero attached hydrogens (tertiary/aromatic N) is 3. The third-order valence-corrected chi connectivity index (χ3v) is 3.60. The maximum atomic E-state index is 13.1. The average Bonchev–Trinajstić information content (AvgIpc) is 2.67. The number of anilines is 2. The Hall–Kier alpha value is -3.49.